The zero-order chi connectivity index (χ0) is 15.8. The topological polar surface area (TPSA) is 93.1 Å². The van der Waals surface area contributed by atoms with Crippen molar-refractivity contribution in [3.05, 3.63) is 24.3 Å². The van der Waals surface area contributed by atoms with Crippen LogP contribution in [0.15, 0.2) is 24.3 Å². The van der Waals surface area contributed by atoms with Crippen molar-refractivity contribution in [3.8, 4) is 0 Å². The smallest absolute Gasteiger partial charge is 0.373 e. The van der Waals surface area contributed by atoms with E-state index in [1.165, 1.54) is 13.8 Å². The lowest BCUT2D eigenvalue weighted by molar-refractivity contribution is -0.325. The van der Waals surface area contributed by atoms with Crippen molar-refractivity contribution in [2.75, 3.05) is 6.61 Å². The van der Waals surface area contributed by atoms with Crippen LogP contribution >= 0.6 is 0 Å². The Morgan fingerprint density at radius 3 is 1.80 bits per heavy atom. The quantitative estimate of drug-likeness (QED) is 0.288. The van der Waals surface area contributed by atoms with Crippen LogP contribution in [0.25, 0.3) is 0 Å². The molecule has 0 rings (SSSR count). The molecule has 0 bridgehead atoms. The van der Waals surface area contributed by atoms with Crippen LogP contribution in [0.3, 0.4) is 0 Å². The lowest BCUT2D eigenvalue weighted by Crippen LogP contribution is -2.40. The third kappa shape index (κ3) is 7.06. The van der Waals surface area contributed by atoms with E-state index in [4.69, 9.17) is 14.6 Å². The Labute approximate surface area is 118 Å². The molecule has 114 valence electrons. The predicted molar refractivity (Wildman–Crippen MR) is 72.3 cm³/mol. The van der Waals surface area contributed by atoms with Crippen LogP contribution in [-0.4, -0.2) is 34.7 Å². The predicted octanol–water partition coefficient (Wildman–Crippen LogP) is 1.42. The first kappa shape index (κ1) is 18.3. The number of ether oxygens (including phenoxy) is 2. The van der Waals surface area contributed by atoms with Crippen molar-refractivity contribution in [1.82, 2.24) is 0 Å². The number of aliphatic hydroxyl groups excluding tert-OH is 1. The number of unbranched alkanes of at least 4 members (excludes halogenated alkanes) is 2. The van der Waals surface area contributed by atoms with Gasteiger partial charge in [0.15, 0.2) is 0 Å². The van der Waals surface area contributed by atoms with E-state index in [9.17, 15) is 14.7 Å². The van der Waals surface area contributed by atoms with Gasteiger partial charge in [0.05, 0.1) is 6.42 Å². The van der Waals surface area contributed by atoms with Crippen LogP contribution in [0, 0.1) is 0 Å². The molecular weight excluding hydrogens is 264 g/mol. The van der Waals surface area contributed by atoms with E-state index in [1.807, 2.05) is 0 Å². The largest absolute Gasteiger partial charge is 0.396 e. The summed E-state index contributed by atoms with van der Waals surface area (Å²) in [5, 5.41) is 18.8. The normalized spacial score (nSPS) is 10.8. The Morgan fingerprint density at radius 1 is 1.00 bits per heavy atom. The highest BCUT2D eigenvalue weighted by Crippen LogP contribution is 2.21. The molecule has 0 radical (unpaired) electrons. The summed E-state index contributed by atoms with van der Waals surface area (Å²) >= 11 is 0. The molecule has 0 saturated heterocycles. The lowest BCUT2D eigenvalue weighted by Gasteiger charge is -2.27. The first-order valence-corrected chi connectivity index (χ1v) is 6.33. The second-order valence-electron chi connectivity index (χ2n) is 4.59. The van der Waals surface area contributed by atoms with E-state index in [1.54, 1.807) is 0 Å². The summed E-state index contributed by atoms with van der Waals surface area (Å²) < 4.78 is 9.54. The molecule has 0 aliphatic heterocycles. The summed E-state index contributed by atoms with van der Waals surface area (Å²) in [6.07, 6.45) is 1.45. The average molecular weight is 286 g/mol. The summed E-state index contributed by atoms with van der Waals surface area (Å²) in [4.78, 5) is 22.9. The summed E-state index contributed by atoms with van der Waals surface area (Å²) in [5.74, 6) is -4.06. The lowest BCUT2D eigenvalue weighted by atomic mass is 10.1. The molecular formula is C14H22O6. The van der Waals surface area contributed by atoms with Crippen LogP contribution < -0.4 is 0 Å². The van der Waals surface area contributed by atoms with E-state index >= 15 is 0 Å². The Kier molecular flexibility index (Phi) is 7.79. The molecule has 0 amide bonds. The van der Waals surface area contributed by atoms with Crippen LogP contribution in [0.2, 0.25) is 0 Å². The molecule has 0 aromatic carbocycles. The molecule has 0 atom stereocenters. The van der Waals surface area contributed by atoms with Crippen molar-refractivity contribution in [2.24, 2.45) is 0 Å². The maximum atomic E-state index is 11.5. The van der Waals surface area contributed by atoms with Gasteiger partial charge in [-0.05, 0) is 26.7 Å². The highest BCUT2D eigenvalue weighted by molar-refractivity contribution is 5.88. The number of carbonyl (C=O) groups is 2. The molecule has 0 saturated carbocycles. The van der Waals surface area contributed by atoms with Gasteiger partial charge in [0.25, 0.3) is 0 Å². The van der Waals surface area contributed by atoms with Crippen LogP contribution in [0.5, 0.6) is 0 Å². The molecule has 0 aromatic heterocycles. The number of esters is 2. The van der Waals surface area contributed by atoms with Crippen LogP contribution in [0.4, 0.5) is 0 Å². The third-order valence-electron chi connectivity index (χ3n) is 2.35. The fourth-order valence-electron chi connectivity index (χ4n) is 1.22. The molecule has 6 nitrogen and oxygen atoms in total. The molecule has 0 unspecified atom stereocenters. The zero-order valence-electron chi connectivity index (χ0n) is 12.0. The fraction of sp³-hybridized carbons (Fsp3) is 0.571. The molecule has 6 heteroatoms. The fourth-order valence-corrected chi connectivity index (χ4v) is 1.22. The Morgan fingerprint density at radius 2 is 1.45 bits per heavy atom. The second-order valence-corrected chi connectivity index (χ2v) is 4.59. The monoisotopic (exact) mass is 286 g/mol. The molecule has 0 aromatic rings. The van der Waals surface area contributed by atoms with Gasteiger partial charge in [0, 0.05) is 17.8 Å². The van der Waals surface area contributed by atoms with E-state index in [2.05, 4.69) is 13.2 Å². The van der Waals surface area contributed by atoms with Crippen molar-refractivity contribution >= 4 is 11.9 Å². The van der Waals surface area contributed by atoms with E-state index in [0.29, 0.717) is 19.3 Å². The molecule has 2 N–H and O–H groups in total. The minimum absolute atomic E-state index is 0.0233. The maximum absolute atomic E-state index is 11.5. The Bertz CT molecular complexity index is 357. The van der Waals surface area contributed by atoms with Crippen molar-refractivity contribution in [2.45, 2.75) is 45.5 Å². The van der Waals surface area contributed by atoms with E-state index < -0.39 is 17.9 Å². The van der Waals surface area contributed by atoms with Gasteiger partial charge >= 0.3 is 17.9 Å². The Hall–Kier alpha value is -1.66. The van der Waals surface area contributed by atoms with Crippen LogP contribution in [-0.2, 0) is 19.1 Å². The summed E-state index contributed by atoms with van der Waals surface area (Å²) in [6, 6.07) is 0. The summed E-state index contributed by atoms with van der Waals surface area (Å²) in [7, 11) is 0. The van der Waals surface area contributed by atoms with Gasteiger partial charge in [-0.15, -0.1) is 0 Å². The average Bonchev–Trinajstić information content (AvgIpc) is 2.34. The highest BCUT2D eigenvalue weighted by atomic mass is 16.8. The molecule has 0 aliphatic rings. The molecule has 0 heterocycles. The zero-order valence-corrected chi connectivity index (χ0v) is 12.0. The Balaban J connectivity index is 4.73. The maximum Gasteiger partial charge on any atom is 0.373 e. The van der Waals surface area contributed by atoms with Gasteiger partial charge < -0.3 is 19.7 Å². The van der Waals surface area contributed by atoms with E-state index in [-0.39, 0.29) is 24.2 Å². The van der Waals surface area contributed by atoms with Gasteiger partial charge in [-0.2, -0.15) is 0 Å². The summed E-state index contributed by atoms with van der Waals surface area (Å²) in [5.41, 5.74) is 0.148. The van der Waals surface area contributed by atoms with Gasteiger partial charge in [-0.3, -0.25) is 0 Å². The molecule has 0 fully saturated rings. The van der Waals surface area contributed by atoms with Gasteiger partial charge in [0.2, 0.25) is 0 Å². The third-order valence-corrected chi connectivity index (χ3v) is 2.35. The van der Waals surface area contributed by atoms with Crippen molar-refractivity contribution in [3.63, 3.8) is 0 Å². The number of carbonyl (C=O) groups excluding carboxylic acids is 2. The first-order valence-electron chi connectivity index (χ1n) is 6.33. The van der Waals surface area contributed by atoms with E-state index in [0.717, 1.165) is 0 Å². The number of hydrogen-bond acceptors (Lipinski definition) is 6. The number of aliphatic hydroxyl groups is 2. The van der Waals surface area contributed by atoms with Crippen molar-refractivity contribution < 1.29 is 29.3 Å². The van der Waals surface area contributed by atoms with Crippen LogP contribution in [0.1, 0.15) is 39.5 Å². The standard InChI is InChI=1S/C14H22O6/c1-10(2)12(16)19-14(18,8-6-5-7-9-15)20-13(17)11(3)4/h15,18H,1,3,5-9H2,2,4H3. The number of rotatable bonds is 9. The van der Waals surface area contributed by atoms with Gasteiger partial charge in [-0.25, -0.2) is 9.59 Å². The van der Waals surface area contributed by atoms with Gasteiger partial charge in [0.1, 0.15) is 0 Å². The minimum atomic E-state index is -2.35. The molecule has 0 spiro atoms. The molecule has 0 aliphatic carbocycles. The SMILES string of the molecule is C=C(C)C(=O)OC(O)(CCCCCO)OC(=O)C(=C)C. The summed E-state index contributed by atoms with van der Waals surface area (Å²) in [6.45, 7) is 9.62. The highest BCUT2D eigenvalue weighted by Gasteiger charge is 2.36. The second kappa shape index (κ2) is 8.50. The van der Waals surface area contributed by atoms with Gasteiger partial charge in [-0.1, -0.05) is 19.6 Å². The van der Waals surface area contributed by atoms with Crippen molar-refractivity contribution in [1.29, 1.82) is 0 Å². The minimum Gasteiger partial charge on any atom is -0.396 e. The molecule has 20 heavy (non-hydrogen) atoms. The number of hydrogen-bond donors (Lipinski definition) is 2. The first-order chi connectivity index (χ1) is 9.22.